The van der Waals surface area contributed by atoms with Crippen molar-refractivity contribution in [2.24, 2.45) is 5.92 Å². The van der Waals surface area contributed by atoms with Crippen LogP contribution in [0.1, 0.15) is 51.9 Å². The standard InChI is InChI=1S/C14H26N2/c1-11-8-13(10-16(11)14-6-7-14)15-9-12-4-2-3-5-12/h11-15H,2-10H2,1H3. The Morgan fingerprint density at radius 2 is 1.88 bits per heavy atom. The third-order valence-corrected chi connectivity index (χ3v) is 4.81. The fourth-order valence-electron chi connectivity index (χ4n) is 3.67. The highest BCUT2D eigenvalue weighted by atomic mass is 15.3. The fourth-order valence-corrected chi connectivity index (χ4v) is 3.67. The van der Waals surface area contributed by atoms with E-state index < -0.39 is 0 Å². The summed E-state index contributed by atoms with van der Waals surface area (Å²) in [5.74, 6) is 0.991. The molecule has 0 radical (unpaired) electrons. The van der Waals surface area contributed by atoms with Gasteiger partial charge in [-0.3, -0.25) is 4.90 Å². The lowest BCUT2D eigenvalue weighted by molar-refractivity contribution is 0.254. The molecule has 3 aliphatic rings. The molecular weight excluding hydrogens is 196 g/mol. The van der Waals surface area contributed by atoms with Gasteiger partial charge < -0.3 is 5.32 Å². The zero-order chi connectivity index (χ0) is 11.0. The highest BCUT2D eigenvalue weighted by Gasteiger charge is 2.38. The summed E-state index contributed by atoms with van der Waals surface area (Å²) in [6.45, 7) is 5.02. The topological polar surface area (TPSA) is 15.3 Å². The third-order valence-electron chi connectivity index (χ3n) is 4.81. The van der Waals surface area contributed by atoms with E-state index in [-0.39, 0.29) is 0 Å². The Morgan fingerprint density at radius 1 is 1.12 bits per heavy atom. The van der Waals surface area contributed by atoms with Crippen LogP contribution in [-0.2, 0) is 0 Å². The van der Waals surface area contributed by atoms with Crippen LogP contribution in [0.5, 0.6) is 0 Å². The number of nitrogens with zero attached hydrogens (tertiary/aromatic N) is 1. The maximum atomic E-state index is 3.82. The van der Waals surface area contributed by atoms with Crippen molar-refractivity contribution < 1.29 is 0 Å². The Labute approximate surface area is 99.8 Å². The van der Waals surface area contributed by atoms with Gasteiger partial charge in [-0.05, 0) is 51.5 Å². The van der Waals surface area contributed by atoms with E-state index in [1.807, 2.05) is 0 Å². The van der Waals surface area contributed by atoms with Crippen molar-refractivity contribution in [2.75, 3.05) is 13.1 Å². The van der Waals surface area contributed by atoms with Gasteiger partial charge in [-0.15, -0.1) is 0 Å². The van der Waals surface area contributed by atoms with Crippen LogP contribution in [0.2, 0.25) is 0 Å². The highest BCUT2D eigenvalue weighted by Crippen LogP contribution is 2.33. The number of hydrogen-bond donors (Lipinski definition) is 1. The van der Waals surface area contributed by atoms with E-state index in [9.17, 15) is 0 Å². The predicted octanol–water partition coefficient (Wildman–Crippen LogP) is 2.39. The Bertz CT molecular complexity index is 231. The van der Waals surface area contributed by atoms with E-state index in [4.69, 9.17) is 0 Å². The molecule has 0 aromatic heterocycles. The van der Waals surface area contributed by atoms with Crippen LogP contribution < -0.4 is 5.32 Å². The first kappa shape index (κ1) is 11.0. The summed E-state index contributed by atoms with van der Waals surface area (Å²) in [5, 5.41) is 3.82. The van der Waals surface area contributed by atoms with Crippen molar-refractivity contribution in [3.63, 3.8) is 0 Å². The molecule has 1 aliphatic heterocycles. The molecule has 92 valence electrons. The van der Waals surface area contributed by atoms with Gasteiger partial charge in [0.15, 0.2) is 0 Å². The van der Waals surface area contributed by atoms with E-state index in [1.165, 1.54) is 58.0 Å². The minimum Gasteiger partial charge on any atom is -0.312 e. The lowest BCUT2D eigenvalue weighted by Crippen LogP contribution is -2.36. The molecule has 0 amide bonds. The van der Waals surface area contributed by atoms with Crippen LogP contribution in [0.15, 0.2) is 0 Å². The van der Waals surface area contributed by atoms with Gasteiger partial charge in [0.2, 0.25) is 0 Å². The highest BCUT2D eigenvalue weighted by molar-refractivity contribution is 4.96. The second kappa shape index (κ2) is 4.66. The predicted molar refractivity (Wildman–Crippen MR) is 67.6 cm³/mol. The van der Waals surface area contributed by atoms with Crippen molar-refractivity contribution in [2.45, 2.75) is 70.0 Å². The fraction of sp³-hybridized carbons (Fsp3) is 1.00. The first-order valence-electron chi connectivity index (χ1n) is 7.32. The summed E-state index contributed by atoms with van der Waals surface area (Å²) < 4.78 is 0. The second-order valence-electron chi connectivity index (χ2n) is 6.27. The maximum absolute atomic E-state index is 3.82. The maximum Gasteiger partial charge on any atom is 0.0210 e. The van der Waals surface area contributed by atoms with Gasteiger partial charge in [-0.1, -0.05) is 12.8 Å². The van der Waals surface area contributed by atoms with E-state index in [0.717, 1.165) is 24.0 Å². The molecule has 0 spiro atoms. The Kier molecular flexibility index (Phi) is 3.21. The summed E-state index contributed by atoms with van der Waals surface area (Å²) in [6.07, 6.45) is 10.2. The quantitative estimate of drug-likeness (QED) is 0.786. The summed E-state index contributed by atoms with van der Waals surface area (Å²) in [4.78, 5) is 2.74. The van der Waals surface area contributed by atoms with Gasteiger partial charge in [0.05, 0.1) is 0 Å². The van der Waals surface area contributed by atoms with Crippen molar-refractivity contribution in [3.8, 4) is 0 Å². The molecule has 1 saturated heterocycles. The van der Waals surface area contributed by atoms with E-state index in [1.54, 1.807) is 0 Å². The van der Waals surface area contributed by atoms with Crippen LogP contribution >= 0.6 is 0 Å². The minimum atomic E-state index is 0.788. The van der Waals surface area contributed by atoms with Crippen molar-refractivity contribution in [1.29, 1.82) is 0 Å². The average molecular weight is 222 g/mol. The van der Waals surface area contributed by atoms with Crippen molar-refractivity contribution >= 4 is 0 Å². The van der Waals surface area contributed by atoms with E-state index in [2.05, 4.69) is 17.1 Å². The molecule has 2 atom stereocenters. The molecule has 16 heavy (non-hydrogen) atoms. The van der Waals surface area contributed by atoms with Crippen LogP contribution in [0.25, 0.3) is 0 Å². The van der Waals surface area contributed by atoms with Gasteiger partial charge in [0.25, 0.3) is 0 Å². The number of nitrogens with one attached hydrogen (secondary N) is 1. The number of rotatable bonds is 4. The Balaban J connectivity index is 1.42. The molecule has 2 saturated carbocycles. The molecule has 2 nitrogen and oxygen atoms in total. The first-order valence-corrected chi connectivity index (χ1v) is 7.32. The van der Waals surface area contributed by atoms with E-state index in [0.29, 0.717) is 0 Å². The lowest BCUT2D eigenvalue weighted by atomic mass is 10.1. The van der Waals surface area contributed by atoms with Gasteiger partial charge in [0.1, 0.15) is 0 Å². The van der Waals surface area contributed by atoms with Gasteiger partial charge in [-0.25, -0.2) is 0 Å². The van der Waals surface area contributed by atoms with Crippen LogP contribution in [-0.4, -0.2) is 36.1 Å². The van der Waals surface area contributed by atoms with E-state index >= 15 is 0 Å². The largest absolute Gasteiger partial charge is 0.312 e. The zero-order valence-corrected chi connectivity index (χ0v) is 10.6. The normalized spacial score (nSPS) is 37.3. The van der Waals surface area contributed by atoms with Crippen molar-refractivity contribution in [1.82, 2.24) is 10.2 Å². The molecule has 2 unspecified atom stereocenters. The van der Waals surface area contributed by atoms with Crippen molar-refractivity contribution in [3.05, 3.63) is 0 Å². The monoisotopic (exact) mass is 222 g/mol. The molecule has 3 fully saturated rings. The number of hydrogen-bond acceptors (Lipinski definition) is 2. The molecule has 2 heteroatoms. The lowest BCUT2D eigenvalue weighted by Gasteiger charge is -2.20. The van der Waals surface area contributed by atoms with Crippen LogP contribution in [0.3, 0.4) is 0 Å². The third kappa shape index (κ3) is 2.43. The zero-order valence-electron chi connectivity index (χ0n) is 10.6. The Morgan fingerprint density at radius 3 is 2.56 bits per heavy atom. The smallest absolute Gasteiger partial charge is 0.0210 e. The first-order chi connectivity index (χ1) is 7.83. The summed E-state index contributed by atoms with van der Waals surface area (Å²) in [6, 6.07) is 2.57. The van der Waals surface area contributed by atoms with Crippen LogP contribution in [0.4, 0.5) is 0 Å². The van der Waals surface area contributed by atoms with Gasteiger partial charge in [0, 0.05) is 24.7 Å². The second-order valence-corrected chi connectivity index (χ2v) is 6.27. The molecule has 0 bridgehead atoms. The summed E-state index contributed by atoms with van der Waals surface area (Å²) in [7, 11) is 0. The molecule has 1 N–H and O–H groups in total. The molecule has 1 heterocycles. The Hall–Kier alpha value is -0.0800. The summed E-state index contributed by atoms with van der Waals surface area (Å²) in [5.41, 5.74) is 0. The average Bonchev–Trinajstić information content (AvgIpc) is 2.85. The van der Waals surface area contributed by atoms with Crippen LogP contribution in [0, 0.1) is 5.92 Å². The molecular formula is C14H26N2. The molecule has 0 aromatic rings. The molecule has 0 aromatic carbocycles. The summed E-state index contributed by atoms with van der Waals surface area (Å²) >= 11 is 0. The SMILES string of the molecule is CC1CC(NCC2CCCC2)CN1C1CC1. The molecule has 2 aliphatic carbocycles. The molecule has 3 rings (SSSR count). The minimum absolute atomic E-state index is 0.788. The van der Waals surface area contributed by atoms with Gasteiger partial charge >= 0.3 is 0 Å². The number of likely N-dealkylation sites (tertiary alicyclic amines) is 1. The van der Waals surface area contributed by atoms with Gasteiger partial charge in [-0.2, -0.15) is 0 Å².